The minimum absolute atomic E-state index is 0.341. The van der Waals surface area contributed by atoms with E-state index in [1.54, 1.807) is 12.1 Å². The highest BCUT2D eigenvalue weighted by molar-refractivity contribution is 9.10. The van der Waals surface area contributed by atoms with Crippen molar-refractivity contribution in [3.05, 3.63) is 22.8 Å². The molecule has 0 saturated heterocycles. The van der Waals surface area contributed by atoms with Crippen molar-refractivity contribution in [3.63, 3.8) is 0 Å². The van der Waals surface area contributed by atoms with Crippen molar-refractivity contribution in [2.24, 2.45) is 0 Å². The number of rotatable bonds is 4. The summed E-state index contributed by atoms with van der Waals surface area (Å²) in [6.45, 7) is 1.21. The lowest BCUT2D eigenvalue weighted by atomic mass is 10.3. The second-order valence-electron chi connectivity index (χ2n) is 3.37. The average molecular weight is 297 g/mol. The highest BCUT2D eigenvalue weighted by atomic mass is 79.9. The van der Waals surface area contributed by atoms with Crippen LogP contribution in [0.4, 0.5) is 19.0 Å². The highest BCUT2D eigenvalue weighted by Gasteiger charge is 2.30. The smallest absolute Gasteiger partial charge is 0.348 e. The van der Waals surface area contributed by atoms with Gasteiger partial charge in [-0.05, 0) is 34.5 Å². The van der Waals surface area contributed by atoms with Gasteiger partial charge in [-0.2, -0.15) is 13.2 Å². The Morgan fingerprint density at radius 1 is 1.38 bits per heavy atom. The van der Waals surface area contributed by atoms with E-state index < -0.39 is 12.7 Å². The molecule has 1 aromatic rings. The molecule has 0 radical (unpaired) electrons. The van der Waals surface area contributed by atoms with Gasteiger partial charge in [0.1, 0.15) is 12.4 Å². The van der Waals surface area contributed by atoms with Crippen molar-refractivity contribution in [1.29, 1.82) is 0 Å². The molecule has 0 aromatic carbocycles. The summed E-state index contributed by atoms with van der Waals surface area (Å²) in [6, 6.07) is 3.26. The third kappa shape index (κ3) is 4.38. The Labute approximate surface area is 101 Å². The van der Waals surface area contributed by atoms with Gasteiger partial charge in [0.25, 0.3) is 0 Å². The predicted octanol–water partition coefficient (Wildman–Crippen LogP) is 3.62. The van der Waals surface area contributed by atoms with Crippen LogP contribution in [-0.4, -0.2) is 24.2 Å². The zero-order valence-electron chi connectivity index (χ0n) is 8.76. The molecule has 1 rings (SSSR count). The Hall–Kier alpha value is -0.780. The SMILES string of the molecule is CCCN(CC(F)(F)F)c1ccc(Br)cn1. The lowest BCUT2D eigenvalue weighted by molar-refractivity contribution is -0.119. The van der Waals surface area contributed by atoms with Gasteiger partial charge in [-0.3, -0.25) is 0 Å². The van der Waals surface area contributed by atoms with Crippen LogP contribution >= 0.6 is 15.9 Å². The maximum atomic E-state index is 12.3. The molecule has 0 fully saturated rings. The molecule has 0 amide bonds. The monoisotopic (exact) mass is 296 g/mol. The second-order valence-corrected chi connectivity index (χ2v) is 4.29. The van der Waals surface area contributed by atoms with Crippen molar-refractivity contribution in [2.75, 3.05) is 18.0 Å². The summed E-state index contributed by atoms with van der Waals surface area (Å²) in [5, 5.41) is 0. The van der Waals surface area contributed by atoms with Crippen LogP contribution in [0.25, 0.3) is 0 Å². The van der Waals surface area contributed by atoms with Gasteiger partial charge in [-0.1, -0.05) is 6.92 Å². The summed E-state index contributed by atoms with van der Waals surface area (Å²) in [4.78, 5) is 5.19. The van der Waals surface area contributed by atoms with Crippen molar-refractivity contribution >= 4 is 21.7 Å². The summed E-state index contributed by atoms with van der Waals surface area (Å²) in [5.74, 6) is 0.349. The van der Waals surface area contributed by atoms with Gasteiger partial charge in [-0.15, -0.1) is 0 Å². The first kappa shape index (κ1) is 13.3. The van der Waals surface area contributed by atoms with Crippen LogP contribution in [0.3, 0.4) is 0 Å². The molecule has 1 aromatic heterocycles. The van der Waals surface area contributed by atoms with Crippen LogP contribution in [0.15, 0.2) is 22.8 Å². The first-order chi connectivity index (χ1) is 7.42. The molecule has 0 N–H and O–H groups in total. The van der Waals surface area contributed by atoms with Crippen LogP contribution < -0.4 is 4.90 Å². The number of hydrogen-bond acceptors (Lipinski definition) is 2. The Balaban J connectivity index is 2.80. The van der Waals surface area contributed by atoms with Crippen LogP contribution in [0, 0.1) is 0 Å². The van der Waals surface area contributed by atoms with Gasteiger partial charge >= 0.3 is 6.18 Å². The molecule has 0 saturated carbocycles. The van der Waals surface area contributed by atoms with E-state index in [0.29, 0.717) is 18.8 Å². The average Bonchev–Trinajstić information content (AvgIpc) is 2.16. The summed E-state index contributed by atoms with van der Waals surface area (Å²) >= 11 is 3.19. The molecule has 0 atom stereocenters. The molecule has 90 valence electrons. The molecule has 0 unspecified atom stereocenters. The van der Waals surface area contributed by atoms with E-state index in [0.717, 1.165) is 4.47 Å². The molecule has 0 aliphatic heterocycles. The molecular weight excluding hydrogens is 285 g/mol. The van der Waals surface area contributed by atoms with Gasteiger partial charge < -0.3 is 4.90 Å². The molecule has 6 heteroatoms. The van der Waals surface area contributed by atoms with Crippen molar-refractivity contribution < 1.29 is 13.2 Å². The molecule has 16 heavy (non-hydrogen) atoms. The lowest BCUT2D eigenvalue weighted by Crippen LogP contribution is -2.35. The van der Waals surface area contributed by atoms with Crippen LogP contribution in [0.2, 0.25) is 0 Å². The van der Waals surface area contributed by atoms with E-state index in [4.69, 9.17) is 0 Å². The van der Waals surface area contributed by atoms with E-state index in [1.807, 2.05) is 6.92 Å². The number of pyridine rings is 1. The largest absolute Gasteiger partial charge is 0.405 e. The molecule has 0 bridgehead atoms. The number of aromatic nitrogens is 1. The Kier molecular flexibility index (Phi) is 4.58. The van der Waals surface area contributed by atoms with Gasteiger partial charge in [-0.25, -0.2) is 4.98 Å². The Morgan fingerprint density at radius 2 is 2.06 bits per heavy atom. The summed E-state index contributed by atoms with van der Waals surface area (Å²) in [7, 11) is 0. The van der Waals surface area contributed by atoms with E-state index in [-0.39, 0.29) is 0 Å². The fourth-order valence-corrected chi connectivity index (χ4v) is 1.55. The standard InChI is InChI=1S/C10H12BrF3N2/c1-2-5-16(7-10(12,13)14)9-4-3-8(11)6-15-9/h3-4,6H,2,5,7H2,1H3. The van der Waals surface area contributed by atoms with Gasteiger partial charge in [0.2, 0.25) is 0 Å². The fourth-order valence-electron chi connectivity index (χ4n) is 1.32. The maximum absolute atomic E-state index is 12.3. The van der Waals surface area contributed by atoms with Gasteiger partial charge in [0.15, 0.2) is 0 Å². The van der Waals surface area contributed by atoms with Crippen LogP contribution in [0.1, 0.15) is 13.3 Å². The normalized spacial score (nSPS) is 11.6. The highest BCUT2D eigenvalue weighted by Crippen LogP contribution is 2.21. The van der Waals surface area contributed by atoms with Crippen molar-refractivity contribution in [1.82, 2.24) is 4.98 Å². The maximum Gasteiger partial charge on any atom is 0.405 e. The Morgan fingerprint density at radius 3 is 2.50 bits per heavy atom. The van der Waals surface area contributed by atoms with Gasteiger partial charge in [0, 0.05) is 17.2 Å². The first-order valence-corrected chi connectivity index (χ1v) is 5.65. The van der Waals surface area contributed by atoms with Crippen molar-refractivity contribution in [2.45, 2.75) is 19.5 Å². The number of alkyl halides is 3. The quantitative estimate of drug-likeness (QED) is 0.843. The van der Waals surface area contributed by atoms with E-state index in [1.165, 1.54) is 11.1 Å². The third-order valence-corrected chi connectivity index (χ3v) is 2.37. The molecule has 2 nitrogen and oxygen atoms in total. The second kappa shape index (κ2) is 5.52. The number of hydrogen-bond donors (Lipinski definition) is 0. The first-order valence-electron chi connectivity index (χ1n) is 4.85. The number of nitrogens with zero attached hydrogens (tertiary/aromatic N) is 2. The predicted molar refractivity (Wildman–Crippen MR) is 60.5 cm³/mol. The number of anilines is 1. The summed E-state index contributed by atoms with van der Waals surface area (Å²) in [6.07, 6.45) is -2.06. The zero-order valence-corrected chi connectivity index (χ0v) is 10.3. The van der Waals surface area contributed by atoms with Crippen LogP contribution in [0.5, 0.6) is 0 Å². The van der Waals surface area contributed by atoms with E-state index in [2.05, 4.69) is 20.9 Å². The number of halogens is 4. The lowest BCUT2D eigenvalue weighted by Gasteiger charge is -2.24. The summed E-state index contributed by atoms with van der Waals surface area (Å²) in [5.41, 5.74) is 0. The third-order valence-electron chi connectivity index (χ3n) is 1.90. The van der Waals surface area contributed by atoms with Crippen LogP contribution in [-0.2, 0) is 0 Å². The topological polar surface area (TPSA) is 16.1 Å². The molecule has 0 spiro atoms. The minimum atomic E-state index is -4.20. The van der Waals surface area contributed by atoms with Gasteiger partial charge in [0.05, 0.1) is 0 Å². The molecular formula is C10H12BrF3N2. The summed E-state index contributed by atoms with van der Waals surface area (Å²) < 4.78 is 37.7. The molecule has 0 aliphatic carbocycles. The van der Waals surface area contributed by atoms with E-state index >= 15 is 0 Å². The molecule has 0 aliphatic rings. The zero-order chi connectivity index (χ0) is 12.2. The van der Waals surface area contributed by atoms with E-state index in [9.17, 15) is 13.2 Å². The Bertz CT molecular complexity index is 324. The van der Waals surface area contributed by atoms with Crippen molar-refractivity contribution in [3.8, 4) is 0 Å². The minimum Gasteiger partial charge on any atom is -0.348 e. The fraction of sp³-hybridized carbons (Fsp3) is 0.500. The molecule has 1 heterocycles.